The Bertz CT molecular complexity index is 781. The van der Waals surface area contributed by atoms with E-state index in [4.69, 9.17) is 4.42 Å². The van der Waals surface area contributed by atoms with Crippen molar-refractivity contribution in [2.24, 2.45) is 7.05 Å². The average Bonchev–Trinajstić information content (AvgIpc) is 2.98. The lowest BCUT2D eigenvalue weighted by molar-refractivity contribution is 0.103. The summed E-state index contributed by atoms with van der Waals surface area (Å²) in [5.41, 5.74) is 1.89. The highest BCUT2D eigenvalue weighted by Gasteiger charge is 2.13. The first-order valence-electron chi connectivity index (χ1n) is 5.30. The van der Waals surface area contributed by atoms with Gasteiger partial charge in [0.2, 0.25) is 5.78 Å². The maximum absolute atomic E-state index is 12.0. The van der Waals surface area contributed by atoms with Gasteiger partial charge in [0.25, 0.3) is 0 Å². The number of nitrogens with zero attached hydrogens (tertiary/aromatic N) is 2. The second-order valence-electron chi connectivity index (χ2n) is 3.91. The Morgan fingerprint density at radius 2 is 2.22 bits per heavy atom. The number of ketones is 1. The minimum Gasteiger partial charge on any atom is -0.408 e. The topological polar surface area (TPSA) is 80.9 Å². The van der Waals surface area contributed by atoms with Gasteiger partial charge in [0, 0.05) is 18.8 Å². The lowest BCUT2D eigenvalue weighted by atomic mass is 10.1. The third-order valence-corrected chi connectivity index (χ3v) is 2.80. The Morgan fingerprint density at radius 1 is 1.39 bits per heavy atom. The quantitative estimate of drug-likeness (QED) is 0.683. The maximum Gasteiger partial charge on any atom is 0.419 e. The number of aromatic nitrogens is 3. The zero-order chi connectivity index (χ0) is 12.7. The zero-order valence-electron chi connectivity index (χ0n) is 9.51. The van der Waals surface area contributed by atoms with Crippen LogP contribution in [0.1, 0.15) is 16.1 Å². The molecular formula is C12H9N3O3. The van der Waals surface area contributed by atoms with Gasteiger partial charge in [-0.25, -0.2) is 4.79 Å². The van der Waals surface area contributed by atoms with Crippen LogP contribution in [0.3, 0.4) is 0 Å². The molecule has 0 aliphatic rings. The standard InChI is InChI=1S/C12H9N3O3/c1-15-9-3-2-7(6-10(9)18-12(15)17)11(16)8-4-5-13-14-8/h2-6H,1H3,(H,13,14). The molecule has 0 amide bonds. The second-order valence-corrected chi connectivity index (χ2v) is 3.91. The van der Waals surface area contributed by atoms with Gasteiger partial charge in [0.15, 0.2) is 5.58 Å². The first kappa shape index (κ1) is 10.5. The molecule has 0 saturated heterocycles. The van der Waals surface area contributed by atoms with E-state index in [2.05, 4.69) is 10.2 Å². The lowest BCUT2D eigenvalue weighted by Gasteiger charge is -1.98. The molecule has 2 aromatic heterocycles. The van der Waals surface area contributed by atoms with Crippen LogP contribution in [0.25, 0.3) is 11.1 Å². The Balaban J connectivity index is 2.14. The van der Waals surface area contributed by atoms with E-state index in [0.29, 0.717) is 22.4 Å². The SMILES string of the molecule is Cn1c(=O)oc2cc(C(=O)c3ccn[nH]3)ccc21. The van der Waals surface area contributed by atoms with Gasteiger partial charge < -0.3 is 4.42 Å². The van der Waals surface area contributed by atoms with Crippen molar-refractivity contribution in [2.45, 2.75) is 0 Å². The zero-order valence-corrected chi connectivity index (χ0v) is 9.51. The van der Waals surface area contributed by atoms with Crippen molar-refractivity contribution < 1.29 is 9.21 Å². The molecule has 18 heavy (non-hydrogen) atoms. The summed E-state index contributed by atoms with van der Waals surface area (Å²) in [7, 11) is 1.62. The molecule has 0 bridgehead atoms. The molecule has 1 aromatic carbocycles. The number of hydrogen-bond donors (Lipinski definition) is 1. The van der Waals surface area contributed by atoms with Crippen LogP contribution >= 0.6 is 0 Å². The van der Waals surface area contributed by atoms with Crippen LogP contribution in [0.4, 0.5) is 0 Å². The minimum absolute atomic E-state index is 0.194. The van der Waals surface area contributed by atoms with Crippen LogP contribution in [0.15, 0.2) is 39.7 Å². The Morgan fingerprint density at radius 3 is 2.94 bits per heavy atom. The van der Waals surface area contributed by atoms with Crippen molar-refractivity contribution in [3.63, 3.8) is 0 Å². The first-order chi connectivity index (χ1) is 8.66. The van der Waals surface area contributed by atoms with Crippen molar-refractivity contribution in [2.75, 3.05) is 0 Å². The van der Waals surface area contributed by atoms with E-state index >= 15 is 0 Å². The minimum atomic E-state index is -0.448. The third-order valence-electron chi connectivity index (χ3n) is 2.80. The van der Waals surface area contributed by atoms with E-state index in [0.717, 1.165) is 0 Å². The van der Waals surface area contributed by atoms with Gasteiger partial charge in [0.05, 0.1) is 5.52 Å². The number of aryl methyl sites for hydroxylation is 1. The molecule has 0 atom stereocenters. The summed E-state index contributed by atoms with van der Waals surface area (Å²) >= 11 is 0. The van der Waals surface area contributed by atoms with E-state index in [1.54, 1.807) is 31.3 Å². The van der Waals surface area contributed by atoms with Crippen molar-refractivity contribution in [3.8, 4) is 0 Å². The summed E-state index contributed by atoms with van der Waals surface area (Å²) < 4.78 is 6.42. The molecule has 0 fully saturated rings. The molecule has 0 saturated carbocycles. The fourth-order valence-corrected chi connectivity index (χ4v) is 1.81. The van der Waals surface area contributed by atoms with Gasteiger partial charge in [-0.15, -0.1) is 0 Å². The second kappa shape index (κ2) is 3.69. The summed E-state index contributed by atoms with van der Waals surface area (Å²) in [6, 6.07) is 6.48. The van der Waals surface area contributed by atoms with Crippen LogP contribution in [0, 0.1) is 0 Å². The largest absolute Gasteiger partial charge is 0.419 e. The van der Waals surface area contributed by atoms with E-state index in [1.807, 2.05) is 0 Å². The van der Waals surface area contributed by atoms with E-state index < -0.39 is 5.76 Å². The molecule has 0 spiro atoms. The monoisotopic (exact) mass is 243 g/mol. The first-order valence-corrected chi connectivity index (χ1v) is 5.30. The normalized spacial score (nSPS) is 10.9. The number of benzene rings is 1. The molecule has 0 aliphatic carbocycles. The summed E-state index contributed by atoms with van der Waals surface area (Å²) in [5.74, 6) is -0.642. The van der Waals surface area contributed by atoms with Gasteiger partial charge in [0.1, 0.15) is 5.69 Å². The van der Waals surface area contributed by atoms with Gasteiger partial charge >= 0.3 is 5.76 Å². The molecule has 1 N–H and O–H groups in total. The summed E-state index contributed by atoms with van der Waals surface area (Å²) in [6.07, 6.45) is 1.51. The Kier molecular flexibility index (Phi) is 2.16. The number of aromatic amines is 1. The molecule has 3 rings (SSSR count). The molecule has 6 heteroatoms. The van der Waals surface area contributed by atoms with Crippen molar-refractivity contribution in [3.05, 3.63) is 52.3 Å². The predicted octanol–water partition coefficient (Wildman–Crippen LogP) is 1.09. The Labute approximate surface area is 101 Å². The number of nitrogens with one attached hydrogen (secondary N) is 1. The molecule has 6 nitrogen and oxygen atoms in total. The van der Waals surface area contributed by atoms with E-state index in [9.17, 15) is 9.59 Å². The smallest absolute Gasteiger partial charge is 0.408 e. The number of hydrogen-bond acceptors (Lipinski definition) is 4. The number of carbonyl (C=O) groups excluding carboxylic acids is 1. The van der Waals surface area contributed by atoms with Crippen LogP contribution in [0.2, 0.25) is 0 Å². The summed E-state index contributed by atoms with van der Waals surface area (Å²) in [5, 5.41) is 6.33. The van der Waals surface area contributed by atoms with E-state index in [1.165, 1.54) is 10.8 Å². The Hall–Kier alpha value is -2.63. The van der Waals surface area contributed by atoms with Crippen molar-refractivity contribution in [1.82, 2.24) is 14.8 Å². The predicted molar refractivity (Wildman–Crippen MR) is 63.5 cm³/mol. The lowest BCUT2D eigenvalue weighted by Crippen LogP contribution is -2.08. The highest BCUT2D eigenvalue weighted by molar-refractivity contribution is 6.08. The van der Waals surface area contributed by atoms with Crippen molar-refractivity contribution >= 4 is 16.9 Å². The number of H-pyrrole nitrogens is 1. The number of oxazole rings is 1. The van der Waals surface area contributed by atoms with Gasteiger partial charge in [-0.05, 0) is 24.3 Å². The summed E-state index contributed by atoms with van der Waals surface area (Å²) in [4.78, 5) is 23.4. The molecule has 3 aromatic rings. The van der Waals surface area contributed by atoms with Gasteiger partial charge in [-0.3, -0.25) is 14.5 Å². The van der Waals surface area contributed by atoms with Gasteiger partial charge in [-0.1, -0.05) is 0 Å². The maximum atomic E-state index is 12.0. The van der Waals surface area contributed by atoms with E-state index in [-0.39, 0.29) is 5.78 Å². The number of rotatable bonds is 2. The fraction of sp³-hybridized carbons (Fsp3) is 0.0833. The molecular weight excluding hydrogens is 234 g/mol. The average molecular weight is 243 g/mol. The third kappa shape index (κ3) is 1.46. The fourth-order valence-electron chi connectivity index (χ4n) is 1.81. The summed E-state index contributed by atoms with van der Waals surface area (Å²) in [6.45, 7) is 0. The van der Waals surface area contributed by atoms with Crippen LogP contribution in [-0.4, -0.2) is 20.5 Å². The number of fused-ring (bicyclic) bond motifs is 1. The van der Waals surface area contributed by atoms with Crippen molar-refractivity contribution in [1.29, 1.82) is 0 Å². The van der Waals surface area contributed by atoms with Gasteiger partial charge in [-0.2, -0.15) is 5.10 Å². The molecule has 90 valence electrons. The molecule has 0 radical (unpaired) electrons. The van der Waals surface area contributed by atoms with Crippen LogP contribution in [-0.2, 0) is 7.05 Å². The highest BCUT2D eigenvalue weighted by atomic mass is 16.4. The van der Waals surface area contributed by atoms with Crippen LogP contribution in [0.5, 0.6) is 0 Å². The molecule has 0 aliphatic heterocycles. The van der Waals surface area contributed by atoms with Crippen LogP contribution < -0.4 is 5.76 Å². The molecule has 0 unspecified atom stereocenters. The highest BCUT2D eigenvalue weighted by Crippen LogP contribution is 2.16. The molecule has 2 heterocycles. The number of carbonyl (C=O) groups is 1.